The Balaban J connectivity index is 3.55. The van der Waals surface area contributed by atoms with Crippen LogP contribution < -0.4 is 5.32 Å². The summed E-state index contributed by atoms with van der Waals surface area (Å²) in [6.07, 6.45) is 7.28. The van der Waals surface area contributed by atoms with E-state index in [1.165, 1.54) is 32.1 Å². The third-order valence-electron chi connectivity index (χ3n) is 2.92. The molecule has 0 fully saturated rings. The highest BCUT2D eigenvalue weighted by atomic mass is 16.1. The average molecular weight is 238 g/mol. The summed E-state index contributed by atoms with van der Waals surface area (Å²) in [5.74, 6) is -0.532. The largest absolute Gasteiger partial charge is 0.355 e. The second-order valence-electron chi connectivity index (χ2n) is 4.91. The molecule has 0 aromatic rings. The first-order valence-electron chi connectivity index (χ1n) is 6.80. The summed E-state index contributed by atoms with van der Waals surface area (Å²) in [7, 11) is 0. The van der Waals surface area contributed by atoms with Crippen LogP contribution in [0, 0.1) is 23.2 Å². The Hall–Kier alpha value is -1.04. The van der Waals surface area contributed by atoms with Crippen molar-refractivity contribution in [3.63, 3.8) is 0 Å². The molecular formula is C14H26N2O. The minimum Gasteiger partial charge on any atom is -0.355 e. The number of unbranched alkanes of at least 4 members (excludes halogenated alkanes) is 5. The lowest BCUT2D eigenvalue weighted by atomic mass is 9.96. The maximum atomic E-state index is 11.6. The van der Waals surface area contributed by atoms with Crippen LogP contribution in [0.15, 0.2) is 0 Å². The van der Waals surface area contributed by atoms with Crippen molar-refractivity contribution in [3.8, 4) is 6.07 Å². The summed E-state index contributed by atoms with van der Waals surface area (Å²) in [5.41, 5.74) is 0. The number of carbonyl (C=O) groups excluding carboxylic acids is 1. The van der Waals surface area contributed by atoms with Gasteiger partial charge < -0.3 is 5.32 Å². The van der Waals surface area contributed by atoms with Crippen LogP contribution in [-0.4, -0.2) is 12.5 Å². The van der Waals surface area contributed by atoms with Gasteiger partial charge in [0.05, 0.1) is 6.07 Å². The fourth-order valence-corrected chi connectivity index (χ4v) is 1.74. The molecule has 1 N–H and O–H groups in total. The van der Waals surface area contributed by atoms with Gasteiger partial charge in [-0.15, -0.1) is 0 Å². The van der Waals surface area contributed by atoms with E-state index in [0.29, 0.717) is 6.54 Å². The van der Waals surface area contributed by atoms with Gasteiger partial charge in [-0.1, -0.05) is 52.9 Å². The monoisotopic (exact) mass is 238 g/mol. The van der Waals surface area contributed by atoms with Crippen LogP contribution in [0.5, 0.6) is 0 Å². The predicted molar refractivity (Wildman–Crippen MR) is 70.3 cm³/mol. The summed E-state index contributed by atoms with van der Waals surface area (Å²) in [4.78, 5) is 11.6. The molecule has 1 unspecified atom stereocenters. The highest BCUT2D eigenvalue weighted by molar-refractivity contribution is 5.81. The molecular weight excluding hydrogens is 212 g/mol. The van der Waals surface area contributed by atoms with Gasteiger partial charge in [0.15, 0.2) is 0 Å². The van der Waals surface area contributed by atoms with Crippen LogP contribution in [-0.2, 0) is 4.79 Å². The highest BCUT2D eigenvalue weighted by Gasteiger charge is 2.20. The molecule has 0 rings (SSSR count). The minimum atomic E-state index is -0.505. The minimum absolute atomic E-state index is 0.0876. The number of nitrogens with zero attached hydrogens (tertiary/aromatic N) is 1. The van der Waals surface area contributed by atoms with E-state index < -0.39 is 5.92 Å². The molecule has 0 saturated carbocycles. The molecule has 0 aromatic carbocycles. The zero-order valence-corrected chi connectivity index (χ0v) is 11.5. The fraction of sp³-hybridized carbons (Fsp3) is 0.857. The predicted octanol–water partition coefficient (Wildman–Crippen LogP) is 3.26. The van der Waals surface area contributed by atoms with Crippen molar-refractivity contribution in [3.05, 3.63) is 0 Å². The number of hydrogen-bond acceptors (Lipinski definition) is 2. The first-order chi connectivity index (χ1) is 8.13. The van der Waals surface area contributed by atoms with Crippen LogP contribution in [0.3, 0.4) is 0 Å². The molecule has 0 saturated heterocycles. The summed E-state index contributed by atoms with van der Waals surface area (Å²) < 4.78 is 0. The van der Waals surface area contributed by atoms with Gasteiger partial charge in [0.2, 0.25) is 5.91 Å². The van der Waals surface area contributed by atoms with E-state index in [4.69, 9.17) is 5.26 Å². The highest BCUT2D eigenvalue weighted by Crippen LogP contribution is 2.09. The molecule has 17 heavy (non-hydrogen) atoms. The van der Waals surface area contributed by atoms with E-state index in [1.54, 1.807) is 0 Å². The van der Waals surface area contributed by atoms with E-state index in [2.05, 4.69) is 18.3 Å². The molecule has 0 bridgehead atoms. The molecule has 3 heteroatoms. The van der Waals surface area contributed by atoms with Gasteiger partial charge in [-0.05, 0) is 12.3 Å². The van der Waals surface area contributed by atoms with Gasteiger partial charge >= 0.3 is 0 Å². The Morgan fingerprint density at radius 1 is 1.18 bits per heavy atom. The summed E-state index contributed by atoms with van der Waals surface area (Å²) in [6.45, 7) is 6.71. The Labute approximate surface area is 106 Å². The van der Waals surface area contributed by atoms with Gasteiger partial charge in [-0.25, -0.2) is 0 Å². The van der Waals surface area contributed by atoms with Crippen molar-refractivity contribution in [1.29, 1.82) is 5.26 Å². The van der Waals surface area contributed by atoms with Crippen molar-refractivity contribution >= 4 is 5.91 Å². The zero-order valence-electron chi connectivity index (χ0n) is 11.5. The Kier molecular flexibility index (Phi) is 9.52. The van der Waals surface area contributed by atoms with E-state index >= 15 is 0 Å². The van der Waals surface area contributed by atoms with Gasteiger partial charge in [-0.2, -0.15) is 5.26 Å². The summed E-state index contributed by atoms with van der Waals surface area (Å²) in [5, 5.41) is 11.7. The second kappa shape index (κ2) is 10.1. The Morgan fingerprint density at radius 3 is 2.29 bits per heavy atom. The molecule has 1 atom stereocenters. The number of carbonyl (C=O) groups is 1. The van der Waals surface area contributed by atoms with Crippen LogP contribution in [0.1, 0.15) is 59.3 Å². The topological polar surface area (TPSA) is 52.9 Å². The van der Waals surface area contributed by atoms with Crippen molar-refractivity contribution in [2.24, 2.45) is 11.8 Å². The van der Waals surface area contributed by atoms with E-state index in [-0.39, 0.29) is 11.8 Å². The summed E-state index contributed by atoms with van der Waals surface area (Å²) >= 11 is 0. The smallest absolute Gasteiger partial charge is 0.237 e. The Morgan fingerprint density at radius 2 is 1.76 bits per heavy atom. The maximum Gasteiger partial charge on any atom is 0.237 e. The van der Waals surface area contributed by atoms with Crippen LogP contribution in [0.2, 0.25) is 0 Å². The lowest BCUT2D eigenvalue weighted by Gasteiger charge is -2.12. The lowest BCUT2D eigenvalue weighted by Crippen LogP contribution is -2.33. The SMILES string of the molecule is CCCCCCCCNC(=O)C(C#N)C(C)C. The fourth-order valence-electron chi connectivity index (χ4n) is 1.74. The van der Waals surface area contributed by atoms with Gasteiger partial charge in [0.25, 0.3) is 0 Å². The van der Waals surface area contributed by atoms with Gasteiger partial charge in [0.1, 0.15) is 5.92 Å². The van der Waals surface area contributed by atoms with E-state index in [0.717, 1.165) is 6.42 Å². The van der Waals surface area contributed by atoms with E-state index in [9.17, 15) is 4.79 Å². The number of amides is 1. The molecule has 0 radical (unpaired) electrons. The molecule has 0 aromatic heterocycles. The zero-order chi connectivity index (χ0) is 13.1. The number of hydrogen-bond donors (Lipinski definition) is 1. The number of nitrogens with one attached hydrogen (secondary N) is 1. The molecule has 0 spiro atoms. The van der Waals surface area contributed by atoms with Gasteiger partial charge in [0, 0.05) is 6.54 Å². The number of rotatable bonds is 9. The standard InChI is InChI=1S/C14H26N2O/c1-4-5-6-7-8-9-10-16-14(17)13(11-15)12(2)3/h12-13H,4-10H2,1-3H3,(H,16,17). The van der Waals surface area contributed by atoms with Crippen molar-refractivity contribution in [1.82, 2.24) is 5.32 Å². The molecule has 3 nitrogen and oxygen atoms in total. The third kappa shape index (κ3) is 7.79. The summed E-state index contributed by atoms with van der Waals surface area (Å²) in [6, 6.07) is 2.06. The van der Waals surface area contributed by atoms with Crippen LogP contribution in [0.25, 0.3) is 0 Å². The van der Waals surface area contributed by atoms with Crippen molar-refractivity contribution in [2.75, 3.05) is 6.54 Å². The third-order valence-corrected chi connectivity index (χ3v) is 2.92. The van der Waals surface area contributed by atoms with Crippen LogP contribution in [0.4, 0.5) is 0 Å². The molecule has 0 aliphatic heterocycles. The average Bonchev–Trinajstić information content (AvgIpc) is 2.28. The number of nitriles is 1. The molecule has 0 heterocycles. The van der Waals surface area contributed by atoms with Crippen LogP contribution >= 0.6 is 0 Å². The van der Waals surface area contributed by atoms with Gasteiger partial charge in [-0.3, -0.25) is 4.79 Å². The quantitative estimate of drug-likeness (QED) is 0.627. The molecule has 1 amide bonds. The first-order valence-corrected chi connectivity index (χ1v) is 6.80. The molecule has 0 aliphatic carbocycles. The first kappa shape index (κ1) is 16.0. The molecule has 98 valence electrons. The lowest BCUT2D eigenvalue weighted by molar-refractivity contribution is -0.124. The Bertz CT molecular complexity index is 243. The second-order valence-corrected chi connectivity index (χ2v) is 4.91. The normalized spacial score (nSPS) is 12.2. The molecule has 0 aliphatic rings. The van der Waals surface area contributed by atoms with E-state index in [1.807, 2.05) is 13.8 Å². The van der Waals surface area contributed by atoms with Crippen molar-refractivity contribution < 1.29 is 4.79 Å². The van der Waals surface area contributed by atoms with Crippen molar-refractivity contribution in [2.45, 2.75) is 59.3 Å². The maximum absolute atomic E-state index is 11.6.